The zero-order valence-corrected chi connectivity index (χ0v) is 17.5. The van der Waals surface area contributed by atoms with Crippen LogP contribution >= 0.6 is 0 Å². The average molecular weight is 409 g/mol. The minimum absolute atomic E-state index is 0.0627. The average Bonchev–Trinajstić information content (AvgIpc) is 2.99. The van der Waals surface area contributed by atoms with Crippen molar-refractivity contribution < 1.29 is 19.4 Å². The van der Waals surface area contributed by atoms with Crippen LogP contribution in [-0.2, 0) is 9.59 Å². The molecule has 1 fully saturated rings. The lowest BCUT2D eigenvalue weighted by molar-refractivity contribution is -0.140. The first-order valence-corrected chi connectivity index (χ1v) is 10.0. The second-order valence-corrected chi connectivity index (χ2v) is 7.36. The van der Waals surface area contributed by atoms with Gasteiger partial charge in [0.05, 0.1) is 17.9 Å². The quantitative estimate of drug-likeness (QED) is 0.410. The number of hydrogen-bond donors (Lipinski definition) is 1. The number of benzene rings is 1. The van der Waals surface area contributed by atoms with Gasteiger partial charge in [-0.15, -0.1) is 0 Å². The molecule has 1 N–H and O–H groups in total. The highest BCUT2D eigenvalue weighted by Crippen LogP contribution is 2.38. The van der Waals surface area contributed by atoms with Crippen LogP contribution in [0.25, 0.3) is 5.76 Å². The summed E-state index contributed by atoms with van der Waals surface area (Å²) < 4.78 is 5.43. The van der Waals surface area contributed by atoms with Gasteiger partial charge in [-0.3, -0.25) is 14.6 Å². The second kappa shape index (κ2) is 9.54. The van der Waals surface area contributed by atoms with Crippen LogP contribution in [0, 0.1) is 0 Å². The van der Waals surface area contributed by atoms with E-state index in [1.807, 2.05) is 25.9 Å². The SMILES string of the molecule is CCOc1ccc(C(O)=C2C(=O)C(=O)N(CCCN(C)C)C2c2ccccn2)cc1. The summed E-state index contributed by atoms with van der Waals surface area (Å²) in [5.41, 5.74) is 1.06. The van der Waals surface area contributed by atoms with Gasteiger partial charge in [0.15, 0.2) is 0 Å². The van der Waals surface area contributed by atoms with Crippen molar-refractivity contribution in [2.24, 2.45) is 0 Å². The number of carbonyl (C=O) groups excluding carboxylic acids is 2. The Morgan fingerprint density at radius 2 is 1.90 bits per heavy atom. The third-order valence-corrected chi connectivity index (χ3v) is 4.95. The van der Waals surface area contributed by atoms with Crippen LogP contribution in [0.15, 0.2) is 54.2 Å². The molecule has 0 radical (unpaired) electrons. The van der Waals surface area contributed by atoms with Crippen LogP contribution < -0.4 is 4.74 Å². The summed E-state index contributed by atoms with van der Waals surface area (Å²) >= 11 is 0. The third kappa shape index (κ3) is 4.52. The van der Waals surface area contributed by atoms with Crippen molar-refractivity contribution >= 4 is 17.4 Å². The molecule has 1 unspecified atom stereocenters. The molecule has 1 aromatic heterocycles. The fraction of sp³-hybridized carbons (Fsp3) is 0.348. The van der Waals surface area contributed by atoms with E-state index in [9.17, 15) is 14.7 Å². The third-order valence-electron chi connectivity index (χ3n) is 4.95. The predicted octanol–water partition coefficient (Wildman–Crippen LogP) is 2.85. The molecule has 1 aliphatic rings. The van der Waals surface area contributed by atoms with Gasteiger partial charge in [0.1, 0.15) is 17.6 Å². The maximum absolute atomic E-state index is 12.9. The van der Waals surface area contributed by atoms with Gasteiger partial charge < -0.3 is 19.6 Å². The van der Waals surface area contributed by atoms with Crippen LogP contribution in [0.5, 0.6) is 5.75 Å². The molecular weight excluding hydrogens is 382 g/mol. The van der Waals surface area contributed by atoms with Crippen LogP contribution in [0.2, 0.25) is 0 Å². The molecule has 1 atom stereocenters. The molecule has 2 heterocycles. The standard InChI is InChI=1S/C23H27N3O4/c1-4-30-17-11-9-16(10-12-17)21(27)19-20(18-8-5-6-13-24-18)26(23(29)22(19)28)15-7-14-25(2)3/h5-6,8-13,20,27H,4,7,14-15H2,1-3H3. The second-order valence-electron chi connectivity index (χ2n) is 7.36. The molecule has 0 spiro atoms. The monoisotopic (exact) mass is 409 g/mol. The van der Waals surface area contributed by atoms with Gasteiger partial charge in [-0.2, -0.15) is 0 Å². The minimum Gasteiger partial charge on any atom is -0.507 e. The Morgan fingerprint density at radius 1 is 1.17 bits per heavy atom. The van der Waals surface area contributed by atoms with Gasteiger partial charge in [-0.1, -0.05) is 6.07 Å². The van der Waals surface area contributed by atoms with Gasteiger partial charge in [-0.25, -0.2) is 0 Å². The highest BCUT2D eigenvalue weighted by Gasteiger charge is 2.46. The van der Waals surface area contributed by atoms with Crippen molar-refractivity contribution in [3.8, 4) is 5.75 Å². The number of pyridine rings is 1. The number of ketones is 1. The molecule has 7 heteroatoms. The first kappa shape index (κ1) is 21.5. The Kier molecular flexibility index (Phi) is 6.84. The molecule has 1 aromatic carbocycles. The molecular formula is C23H27N3O4. The molecule has 30 heavy (non-hydrogen) atoms. The van der Waals surface area contributed by atoms with Gasteiger partial charge >= 0.3 is 0 Å². The number of carbonyl (C=O) groups is 2. The summed E-state index contributed by atoms with van der Waals surface area (Å²) in [7, 11) is 3.91. The van der Waals surface area contributed by atoms with Crippen molar-refractivity contribution in [2.75, 3.05) is 33.8 Å². The van der Waals surface area contributed by atoms with Crippen molar-refractivity contribution in [2.45, 2.75) is 19.4 Å². The molecule has 1 saturated heterocycles. The summed E-state index contributed by atoms with van der Waals surface area (Å²) in [6.07, 6.45) is 2.32. The molecule has 158 valence electrons. The maximum Gasteiger partial charge on any atom is 0.295 e. The van der Waals surface area contributed by atoms with Crippen LogP contribution in [0.1, 0.15) is 30.6 Å². The lowest BCUT2D eigenvalue weighted by Gasteiger charge is -2.25. The van der Waals surface area contributed by atoms with Crippen molar-refractivity contribution in [3.05, 3.63) is 65.5 Å². The first-order chi connectivity index (χ1) is 14.4. The number of aliphatic hydroxyl groups excluding tert-OH is 1. The Balaban J connectivity index is 2.02. The molecule has 0 saturated carbocycles. The van der Waals surface area contributed by atoms with Crippen molar-refractivity contribution in [3.63, 3.8) is 0 Å². The summed E-state index contributed by atoms with van der Waals surface area (Å²) in [6.45, 7) is 3.59. The van der Waals surface area contributed by atoms with Gasteiger partial charge in [0.25, 0.3) is 11.7 Å². The summed E-state index contributed by atoms with van der Waals surface area (Å²) in [5.74, 6) is -0.847. The van der Waals surface area contributed by atoms with Gasteiger partial charge in [0.2, 0.25) is 0 Å². The number of ether oxygens (including phenoxy) is 1. The van der Waals surface area contributed by atoms with Crippen molar-refractivity contribution in [1.29, 1.82) is 0 Å². The number of aromatic nitrogens is 1. The summed E-state index contributed by atoms with van der Waals surface area (Å²) in [5, 5.41) is 11.0. The first-order valence-electron chi connectivity index (χ1n) is 10.0. The minimum atomic E-state index is -0.722. The predicted molar refractivity (Wildman–Crippen MR) is 114 cm³/mol. The number of Topliss-reactive ketones (excluding diaryl/α,β-unsaturated/α-hetero) is 1. The van der Waals surface area contributed by atoms with E-state index in [1.165, 1.54) is 4.90 Å². The molecule has 7 nitrogen and oxygen atoms in total. The highest BCUT2D eigenvalue weighted by molar-refractivity contribution is 6.46. The van der Waals surface area contributed by atoms with E-state index in [0.717, 1.165) is 6.54 Å². The Hall–Kier alpha value is -3.19. The molecule has 3 rings (SSSR count). The lowest BCUT2D eigenvalue weighted by atomic mass is 9.98. The Morgan fingerprint density at radius 3 is 2.50 bits per heavy atom. The lowest BCUT2D eigenvalue weighted by Crippen LogP contribution is -2.32. The van der Waals surface area contributed by atoms with E-state index in [0.29, 0.717) is 36.6 Å². The van der Waals surface area contributed by atoms with E-state index in [4.69, 9.17) is 4.74 Å². The number of nitrogens with zero attached hydrogens (tertiary/aromatic N) is 3. The van der Waals surface area contributed by atoms with Gasteiger partial charge in [0, 0.05) is 18.3 Å². The molecule has 2 aromatic rings. The fourth-order valence-electron chi connectivity index (χ4n) is 3.54. The zero-order chi connectivity index (χ0) is 21.7. The van der Waals surface area contributed by atoms with Crippen LogP contribution in [0.3, 0.4) is 0 Å². The Bertz CT molecular complexity index is 923. The van der Waals surface area contributed by atoms with E-state index in [-0.39, 0.29) is 11.3 Å². The number of aliphatic hydroxyl groups is 1. The summed E-state index contributed by atoms with van der Waals surface area (Å²) in [6, 6.07) is 11.4. The van der Waals surface area contributed by atoms with Crippen LogP contribution in [0.4, 0.5) is 0 Å². The smallest absolute Gasteiger partial charge is 0.295 e. The maximum atomic E-state index is 12.9. The van der Waals surface area contributed by atoms with Gasteiger partial charge in [-0.05, 0) is 70.4 Å². The highest BCUT2D eigenvalue weighted by atomic mass is 16.5. The number of rotatable bonds is 8. The topological polar surface area (TPSA) is 83.0 Å². The van der Waals surface area contributed by atoms with Crippen LogP contribution in [-0.4, -0.2) is 65.4 Å². The summed E-state index contributed by atoms with van der Waals surface area (Å²) in [4.78, 5) is 33.6. The normalized spacial score (nSPS) is 18.3. The Labute approximate surface area is 176 Å². The largest absolute Gasteiger partial charge is 0.507 e. The molecule has 0 bridgehead atoms. The van der Waals surface area contributed by atoms with E-state index < -0.39 is 17.7 Å². The fourth-order valence-corrected chi connectivity index (χ4v) is 3.54. The molecule has 1 aliphatic heterocycles. The van der Waals surface area contributed by atoms with E-state index >= 15 is 0 Å². The zero-order valence-electron chi connectivity index (χ0n) is 17.5. The van der Waals surface area contributed by atoms with Crippen molar-refractivity contribution in [1.82, 2.24) is 14.8 Å². The number of hydrogen-bond acceptors (Lipinski definition) is 6. The number of amides is 1. The molecule has 1 amide bonds. The number of likely N-dealkylation sites (tertiary alicyclic amines) is 1. The van der Waals surface area contributed by atoms with E-state index in [1.54, 1.807) is 48.7 Å². The molecule has 0 aliphatic carbocycles. The van der Waals surface area contributed by atoms with E-state index in [2.05, 4.69) is 4.98 Å².